The van der Waals surface area contributed by atoms with Crippen molar-refractivity contribution in [1.29, 1.82) is 0 Å². The fraction of sp³-hybridized carbons (Fsp3) is 0.556. The van der Waals surface area contributed by atoms with Crippen LogP contribution in [0, 0.1) is 6.92 Å². The highest BCUT2D eigenvalue weighted by Gasteiger charge is 2.30. The number of nitrogens with zero attached hydrogens (tertiary/aromatic N) is 2. The van der Waals surface area contributed by atoms with Crippen molar-refractivity contribution in [3.05, 3.63) is 29.0 Å². The number of oxazole rings is 1. The highest BCUT2D eigenvalue weighted by Crippen LogP contribution is 2.26. The quantitative estimate of drug-likeness (QED) is 0.723. The number of ether oxygens (including phenoxy) is 1. The molecule has 0 saturated carbocycles. The smallest absolute Gasteiger partial charge is 0.236 e. The minimum absolute atomic E-state index is 0.0480. The van der Waals surface area contributed by atoms with Crippen molar-refractivity contribution in [1.82, 2.24) is 14.6 Å². The number of aryl methyl sites for hydroxylation is 1. The van der Waals surface area contributed by atoms with Crippen LogP contribution in [0.3, 0.4) is 0 Å². The Hall–Kier alpha value is -1.75. The van der Waals surface area contributed by atoms with Crippen molar-refractivity contribution in [3.8, 4) is 10.8 Å². The number of rotatable bonds is 7. The van der Waals surface area contributed by atoms with Gasteiger partial charge in [-0.2, -0.15) is 4.31 Å². The van der Waals surface area contributed by atoms with Crippen LogP contribution >= 0.6 is 11.3 Å². The van der Waals surface area contributed by atoms with Gasteiger partial charge in [-0.25, -0.2) is 13.4 Å². The second kappa shape index (κ2) is 8.73. The van der Waals surface area contributed by atoms with Gasteiger partial charge in [0.05, 0.1) is 35.0 Å². The van der Waals surface area contributed by atoms with Gasteiger partial charge >= 0.3 is 0 Å². The first kappa shape index (κ1) is 21.0. The Kier molecular flexibility index (Phi) is 6.54. The summed E-state index contributed by atoms with van der Waals surface area (Å²) in [5.74, 6) is 0.653. The zero-order chi connectivity index (χ0) is 20.3. The number of carbonyl (C=O) groups is 1. The molecule has 2 aromatic heterocycles. The van der Waals surface area contributed by atoms with Gasteiger partial charge in [0.2, 0.25) is 21.8 Å². The summed E-state index contributed by atoms with van der Waals surface area (Å²) >= 11 is 1.51. The van der Waals surface area contributed by atoms with Crippen molar-refractivity contribution in [2.45, 2.75) is 39.4 Å². The van der Waals surface area contributed by atoms with Gasteiger partial charge in [0, 0.05) is 19.6 Å². The zero-order valence-corrected chi connectivity index (χ0v) is 17.8. The zero-order valence-electron chi connectivity index (χ0n) is 16.2. The molecular formula is C18H25N3O5S2. The number of hydrogen-bond donors (Lipinski definition) is 1. The first-order valence-corrected chi connectivity index (χ1v) is 11.6. The Morgan fingerprint density at radius 2 is 2.07 bits per heavy atom. The molecule has 1 fully saturated rings. The summed E-state index contributed by atoms with van der Waals surface area (Å²) in [5, 5.41) is 4.59. The van der Waals surface area contributed by atoms with E-state index in [4.69, 9.17) is 9.15 Å². The summed E-state index contributed by atoms with van der Waals surface area (Å²) in [6.45, 7) is 6.19. The Bertz CT molecular complexity index is 898. The summed E-state index contributed by atoms with van der Waals surface area (Å²) in [6, 6.07) is 3.81. The Morgan fingerprint density at radius 1 is 1.36 bits per heavy atom. The molecule has 1 amide bonds. The second-order valence-corrected chi connectivity index (χ2v) is 9.95. The predicted octanol–water partition coefficient (Wildman–Crippen LogP) is 1.81. The van der Waals surface area contributed by atoms with E-state index in [9.17, 15) is 13.2 Å². The SMILES string of the molecule is Cc1oc(-c2cccs2)nc1CC(=O)NCCS(=O)(=O)N1C[C@H](C)O[C@@H](C)C1. The lowest BCUT2D eigenvalue weighted by atomic mass is 10.2. The van der Waals surface area contributed by atoms with Crippen molar-refractivity contribution in [3.63, 3.8) is 0 Å². The molecule has 1 N–H and O–H groups in total. The third-order valence-corrected chi connectivity index (χ3v) is 7.08. The van der Waals surface area contributed by atoms with Crippen LogP contribution < -0.4 is 5.32 Å². The molecule has 0 bridgehead atoms. The number of amides is 1. The molecule has 1 aliphatic rings. The third-order valence-electron chi connectivity index (χ3n) is 4.41. The van der Waals surface area contributed by atoms with Crippen LogP contribution in [0.2, 0.25) is 0 Å². The van der Waals surface area contributed by atoms with Gasteiger partial charge in [0.15, 0.2) is 0 Å². The number of aromatic nitrogens is 1. The van der Waals surface area contributed by atoms with Gasteiger partial charge in [-0.3, -0.25) is 4.79 Å². The maximum absolute atomic E-state index is 12.5. The number of thiophene rings is 1. The maximum Gasteiger partial charge on any atom is 0.236 e. The summed E-state index contributed by atoms with van der Waals surface area (Å²) in [7, 11) is -3.45. The minimum Gasteiger partial charge on any atom is -0.440 e. The molecule has 10 heteroatoms. The lowest BCUT2D eigenvalue weighted by molar-refractivity contribution is -0.120. The number of morpholine rings is 1. The molecule has 3 rings (SSSR count). The Morgan fingerprint density at radius 3 is 2.71 bits per heavy atom. The third kappa shape index (κ3) is 5.19. The molecule has 0 spiro atoms. The highest BCUT2D eigenvalue weighted by molar-refractivity contribution is 7.89. The molecule has 8 nitrogen and oxygen atoms in total. The topological polar surface area (TPSA) is 102 Å². The van der Waals surface area contributed by atoms with Crippen LogP contribution in [0.15, 0.2) is 21.9 Å². The fourth-order valence-corrected chi connectivity index (χ4v) is 5.26. The molecule has 1 saturated heterocycles. The largest absolute Gasteiger partial charge is 0.440 e. The van der Waals surface area contributed by atoms with Crippen molar-refractivity contribution < 1.29 is 22.4 Å². The molecule has 1 aliphatic heterocycles. The lowest BCUT2D eigenvalue weighted by Crippen LogP contribution is -2.49. The fourth-order valence-electron chi connectivity index (χ4n) is 3.12. The van der Waals surface area contributed by atoms with Crippen LogP contribution in [-0.4, -0.2) is 61.2 Å². The molecule has 154 valence electrons. The van der Waals surface area contributed by atoms with E-state index < -0.39 is 10.0 Å². The average molecular weight is 428 g/mol. The number of carbonyl (C=O) groups excluding carboxylic acids is 1. The summed E-state index contributed by atoms with van der Waals surface area (Å²) in [6.07, 6.45) is -0.228. The van der Waals surface area contributed by atoms with E-state index in [0.717, 1.165) is 4.88 Å². The van der Waals surface area contributed by atoms with E-state index >= 15 is 0 Å². The normalized spacial score (nSPS) is 21.0. The van der Waals surface area contributed by atoms with E-state index in [1.54, 1.807) is 6.92 Å². The summed E-state index contributed by atoms with van der Waals surface area (Å²) in [5.41, 5.74) is 0.555. The van der Waals surface area contributed by atoms with Gasteiger partial charge < -0.3 is 14.5 Å². The van der Waals surface area contributed by atoms with Crippen LogP contribution in [0.5, 0.6) is 0 Å². The van der Waals surface area contributed by atoms with E-state index in [1.165, 1.54) is 15.6 Å². The van der Waals surface area contributed by atoms with E-state index in [-0.39, 0.29) is 36.8 Å². The monoisotopic (exact) mass is 427 g/mol. The Balaban J connectivity index is 1.51. The van der Waals surface area contributed by atoms with E-state index in [1.807, 2.05) is 31.4 Å². The van der Waals surface area contributed by atoms with Crippen LogP contribution in [0.1, 0.15) is 25.3 Å². The Labute approximate surface area is 168 Å². The van der Waals surface area contributed by atoms with Gasteiger partial charge in [-0.1, -0.05) is 6.07 Å². The number of sulfonamides is 1. The standard InChI is InChI=1S/C18H25N3O5S2/c1-12-10-21(11-13(2)25-12)28(23,24)8-6-19-17(22)9-15-14(3)26-18(20-15)16-5-4-7-27-16/h4-5,7,12-13H,6,8-11H2,1-3H3,(H,19,22)/t12-,13-/m0/s1. The van der Waals surface area contributed by atoms with Crippen LogP contribution in [0.25, 0.3) is 10.8 Å². The number of nitrogens with one attached hydrogen (secondary N) is 1. The lowest BCUT2D eigenvalue weighted by Gasteiger charge is -2.34. The summed E-state index contributed by atoms with van der Waals surface area (Å²) < 4.78 is 37.6. The van der Waals surface area contributed by atoms with Crippen molar-refractivity contribution >= 4 is 27.3 Å². The van der Waals surface area contributed by atoms with Gasteiger partial charge in [-0.15, -0.1) is 11.3 Å². The van der Waals surface area contributed by atoms with Crippen molar-refractivity contribution in [2.75, 3.05) is 25.4 Å². The molecule has 0 aliphatic carbocycles. The average Bonchev–Trinajstić information content (AvgIpc) is 3.24. The van der Waals surface area contributed by atoms with Gasteiger partial charge in [-0.05, 0) is 32.2 Å². The van der Waals surface area contributed by atoms with E-state index in [0.29, 0.717) is 30.4 Å². The first-order valence-electron chi connectivity index (χ1n) is 9.15. The van der Waals surface area contributed by atoms with Crippen LogP contribution in [0.4, 0.5) is 0 Å². The molecule has 0 radical (unpaired) electrons. The van der Waals surface area contributed by atoms with Gasteiger partial charge in [0.1, 0.15) is 5.76 Å². The predicted molar refractivity (Wildman–Crippen MR) is 107 cm³/mol. The molecule has 0 unspecified atom stereocenters. The molecule has 3 heterocycles. The molecule has 2 atom stereocenters. The van der Waals surface area contributed by atoms with Gasteiger partial charge in [0.25, 0.3) is 0 Å². The highest BCUT2D eigenvalue weighted by atomic mass is 32.2. The van der Waals surface area contributed by atoms with E-state index in [2.05, 4.69) is 10.3 Å². The molecule has 2 aromatic rings. The molecular weight excluding hydrogens is 402 g/mol. The molecule has 0 aromatic carbocycles. The molecule has 28 heavy (non-hydrogen) atoms. The van der Waals surface area contributed by atoms with Crippen molar-refractivity contribution in [2.24, 2.45) is 0 Å². The minimum atomic E-state index is -3.45. The maximum atomic E-state index is 12.5. The number of hydrogen-bond acceptors (Lipinski definition) is 7. The second-order valence-electron chi connectivity index (χ2n) is 6.92. The first-order chi connectivity index (χ1) is 13.2. The van der Waals surface area contributed by atoms with Crippen LogP contribution in [-0.2, 0) is 26.0 Å². The summed E-state index contributed by atoms with van der Waals surface area (Å²) in [4.78, 5) is 17.5.